The van der Waals surface area contributed by atoms with Crippen molar-refractivity contribution in [3.8, 4) is 0 Å². The molecule has 1 saturated carbocycles. The summed E-state index contributed by atoms with van der Waals surface area (Å²) in [5.41, 5.74) is 2.34. The standard InChI is InChI=1S/C23H25NO3/c1-27-13-17-8-5-11-24(17)23(26)21-18-15-9-10-16(12-15)20(18)22(25)19(21)14-6-3-2-4-7-14/h2-4,6-7,9-10,15-18,20H,5,8,11-13H2,1H3/t15-,16+,17-,18?,20?/m0/s1. The van der Waals surface area contributed by atoms with Gasteiger partial charge in [0.2, 0.25) is 0 Å². The molecule has 0 radical (unpaired) electrons. The number of hydrogen-bond donors (Lipinski definition) is 0. The Kier molecular flexibility index (Phi) is 4.05. The first-order valence-electron chi connectivity index (χ1n) is 10.0. The van der Waals surface area contributed by atoms with Gasteiger partial charge in [-0.1, -0.05) is 42.5 Å². The van der Waals surface area contributed by atoms with Crippen LogP contribution in [0.5, 0.6) is 0 Å². The largest absolute Gasteiger partial charge is 0.383 e. The van der Waals surface area contributed by atoms with Gasteiger partial charge in [-0.25, -0.2) is 0 Å². The zero-order valence-corrected chi connectivity index (χ0v) is 15.6. The van der Waals surface area contributed by atoms with Gasteiger partial charge < -0.3 is 9.64 Å². The molecular formula is C23H25NO3. The van der Waals surface area contributed by atoms with Gasteiger partial charge in [-0.15, -0.1) is 0 Å². The number of carbonyl (C=O) groups is 2. The van der Waals surface area contributed by atoms with Crippen molar-refractivity contribution < 1.29 is 14.3 Å². The van der Waals surface area contributed by atoms with Gasteiger partial charge >= 0.3 is 0 Å². The first kappa shape index (κ1) is 16.9. The van der Waals surface area contributed by atoms with E-state index in [1.807, 2.05) is 35.2 Å². The second-order valence-corrected chi connectivity index (χ2v) is 8.27. The van der Waals surface area contributed by atoms with Gasteiger partial charge in [0, 0.05) is 36.6 Å². The van der Waals surface area contributed by atoms with E-state index in [2.05, 4.69) is 12.2 Å². The lowest BCUT2D eigenvalue weighted by molar-refractivity contribution is -0.129. The number of allylic oxidation sites excluding steroid dienone is 3. The quantitative estimate of drug-likeness (QED) is 0.773. The zero-order valence-electron chi connectivity index (χ0n) is 15.6. The molecule has 5 rings (SSSR count). The Balaban J connectivity index is 1.60. The maximum atomic E-state index is 13.7. The van der Waals surface area contributed by atoms with Gasteiger partial charge in [0.15, 0.2) is 5.78 Å². The number of ether oxygens (including phenoxy) is 1. The minimum atomic E-state index is -0.0439. The Labute approximate surface area is 159 Å². The number of fused-ring (bicyclic) bond motifs is 5. The molecule has 5 atom stereocenters. The van der Waals surface area contributed by atoms with Crippen molar-refractivity contribution in [2.75, 3.05) is 20.3 Å². The number of ketones is 1. The first-order chi connectivity index (χ1) is 13.2. The smallest absolute Gasteiger partial charge is 0.251 e. The first-order valence-corrected chi connectivity index (χ1v) is 10.0. The van der Waals surface area contributed by atoms with E-state index < -0.39 is 0 Å². The van der Waals surface area contributed by atoms with Crippen molar-refractivity contribution in [2.45, 2.75) is 25.3 Å². The maximum absolute atomic E-state index is 13.7. The van der Waals surface area contributed by atoms with E-state index in [9.17, 15) is 9.59 Å². The summed E-state index contributed by atoms with van der Waals surface area (Å²) in [6, 6.07) is 9.90. The molecule has 4 nitrogen and oxygen atoms in total. The van der Waals surface area contributed by atoms with Crippen molar-refractivity contribution in [1.82, 2.24) is 4.90 Å². The van der Waals surface area contributed by atoms with Gasteiger partial charge in [0.25, 0.3) is 5.91 Å². The molecule has 4 aliphatic rings. The highest BCUT2D eigenvalue weighted by Gasteiger charge is 2.57. The summed E-state index contributed by atoms with van der Waals surface area (Å²) in [4.78, 5) is 29.1. The van der Waals surface area contributed by atoms with E-state index in [-0.39, 0.29) is 29.6 Å². The lowest BCUT2D eigenvalue weighted by Crippen LogP contribution is -2.40. The normalized spacial score (nSPS) is 34.0. The number of methoxy groups -OCH3 is 1. The topological polar surface area (TPSA) is 46.6 Å². The van der Waals surface area contributed by atoms with Crippen molar-refractivity contribution in [3.05, 3.63) is 53.6 Å². The van der Waals surface area contributed by atoms with E-state index in [1.165, 1.54) is 0 Å². The van der Waals surface area contributed by atoms with Crippen molar-refractivity contribution in [1.29, 1.82) is 0 Å². The summed E-state index contributed by atoms with van der Waals surface area (Å²) in [6.45, 7) is 1.32. The molecule has 2 fully saturated rings. The Hall–Kier alpha value is -2.20. The minimum Gasteiger partial charge on any atom is -0.383 e. The molecule has 2 unspecified atom stereocenters. The third-order valence-corrected chi connectivity index (χ3v) is 6.90. The highest BCUT2D eigenvalue weighted by atomic mass is 16.5. The molecule has 0 spiro atoms. The van der Waals surface area contributed by atoms with Crippen LogP contribution in [0.1, 0.15) is 24.8 Å². The second kappa shape index (κ2) is 6.45. The fraction of sp³-hybridized carbons (Fsp3) is 0.478. The van der Waals surface area contributed by atoms with Crippen LogP contribution in [0.4, 0.5) is 0 Å². The van der Waals surface area contributed by atoms with Gasteiger partial charge in [-0.3, -0.25) is 9.59 Å². The predicted octanol–water partition coefficient (Wildman–Crippen LogP) is 3.10. The van der Waals surface area contributed by atoms with Crippen molar-refractivity contribution >= 4 is 17.3 Å². The molecule has 0 N–H and O–H groups in total. The molecule has 1 heterocycles. The Bertz CT molecular complexity index is 840. The average molecular weight is 363 g/mol. The van der Waals surface area contributed by atoms with Gasteiger partial charge in [-0.2, -0.15) is 0 Å². The van der Waals surface area contributed by atoms with Crippen molar-refractivity contribution in [3.63, 3.8) is 0 Å². The molecule has 27 heavy (non-hydrogen) atoms. The molecule has 1 aliphatic heterocycles. The molecular weight excluding hydrogens is 338 g/mol. The summed E-state index contributed by atoms with van der Waals surface area (Å²) >= 11 is 0. The van der Waals surface area contributed by atoms with Crippen LogP contribution in [0.25, 0.3) is 5.57 Å². The molecule has 1 saturated heterocycles. The van der Waals surface area contributed by atoms with Crippen LogP contribution in [0.3, 0.4) is 0 Å². The number of Topliss-reactive ketones (excluding diaryl/α,β-unsaturated/α-hetero) is 1. The van der Waals surface area contributed by atoms with Crippen LogP contribution in [0.2, 0.25) is 0 Å². The highest BCUT2D eigenvalue weighted by Crippen LogP contribution is 2.58. The number of carbonyl (C=O) groups excluding carboxylic acids is 2. The summed E-state index contributed by atoms with van der Waals surface area (Å²) in [6.07, 6.45) is 7.42. The third kappa shape index (κ3) is 2.46. The fourth-order valence-electron chi connectivity index (χ4n) is 5.81. The summed E-state index contributed by atoms with van der Waals surface area (Å²) < 4.78 is 5.35. The molecule has 0 aromatic heterocycles. The second-order valence-electron chi connectivity index (χ2n) is 8.27. The Morgan fingerprint density at radius 3 is 2.63 bits per heavy atom. The summed E-state index contributed by atoms with van der Waals surface area (Å²) in [7, 11) is 1.69. The molecule has 140 valence electrons. The van der Waals surface area contributed by atoms with E-state index >= 15 is 0 Å². The Morgan fingerprint density at radius 1 is 1.15 bits per heavy atom. The van der Waals surface area contributed by atoms with Crippen LogP contribution in [0.15, 0.2) is 48.1 Å². The van der Waals surface area contributed by atoms with Crippen LogP contribution >= 0.6 is 0 Å². The van der Waals surface area contributed by atoms with Gasteiger partial charge in [-0.05, 0) is 36.7 Å². The lowest BCUT2D eigenvalue weighted by Gasteiger charge is -2.29. The maximum Gasteiger partial charge on any atom is 0.251 e. The molecule has 1 aromatic carbocycles. The van der Waals surface area contributed by atoms with E-state index in [0.29, 0.717) is 24.0 Å². The molecule has 2 bridgehead atoms. The van der Waals surface area contributed by atoms with Crippen molar-refractivity contribution in [2.24, 2.45) is 23.7 Å². The van der Waals surface area contributed by atoms with E-state index in [1.54, 1.807) is 7.11 Å². The monoisotopic (exact) mass is 363 g/mol. The van der Waals surface area contributed by atoms with Gasteiger partial charge in [0.1, 0.15) is 0 Å². The predicted molar refractivity (Wildman–Crippen MR) is 103 cm³/mol. The van der Waals surface area contributed by atoms with Crippen LogP contribution in [0, 0.1) is 23.7 Å². The molecule has 1 amide bonds. The lowest BCUT2D eigenvalue weighted by atomic mass is 9.81. The number of rotatable bonds is 4. The average Bonchev–Trinajstić information content (AvgIpc) is 3.44. The minimum absolute atomic E-state index is 0.0439. The summed E-state index contributed by atoms with van der Waals surface area (Å²) in [5, 5.41) is 0. The summed E-state index contributed by atoms with van der Waals surface area (Å²) in [5.74, 6) is 0.873. The molecule has 3 aliphatic carbocycles. The van der Waals surface area contributed by atoms with E-state index in [4.69, 9.17) is 4.74 Å². The van der Waals surface area contributed by atoms with Crippen LogP contribution < -0.4 is 0 Å². The number of benzene rings is 1. The zero-order chi connectivity index (χ0) is 18.5. The number of likely N-dealkylation sites (tertiary alicyclic amines) is 1. The third-order valence-electron chi connectivity index (χ3n) is 6.90. The number of amides is 1. The number of nitrogens with zero attached hydrogens (tertiary/aromatic N) is 1. The molecule has 1 aromatic rings. The number of hydrogen-bond acceptors (Lipinski definition) is 3. The Morgan fingerprint density at radius 2 is 1.89 bits per heavy atom. The van der Waals surface area contributed by atoms with Gasteiger partial charge in [0.05, 0.1) is 12.6 Å². The SMILES string of the molecule is COC[C@@H]1CCCN1C(=O)C1=C(c2ccccc2)C(=O)C2C1[C@H]1C=C[C@@H]2C1. The van der Waals surface area contributed by atoms with Crippen LogP contribution in [-0.4, -0.2) is 42.9 Å². The fourth-order valence-corrected chi connectivity index (χ4v) is 5.81. The van der Waals surface area contributed by atoms with E-state index in [0.717, 1.165) is 36.9 Å². The molecule has 4 heteroatoms. The highest BCUT2D eigenvalue weighted by molar-refractivity contribution is 6.31. The van der Waals surface area contributed by atoms with Crippen LogP contribution in [-0.2, 0) is 14.3 Å².